The Bertz CT molecular complexity index is 1440. The monoisotopic (exact) mass is 567 g/mol. The van der Waals surface area contributed by atoms with Gasteiger partial charge in [0, 0.05) is 36.8 Å². The Kier molecular flexibility index (Phi) is 5.38. The van der Waals surface area contributed by atoms with Crippen molar-refractivity contribution in [2.45, 2.75) is 61.7 Å². The third-order valence-corrected chi connectivity index (χ3v) is 9.26. The molecule has 2 saturated carbocycles. The predicted molar refractivity (Wildman–Crippen MR) is 128 cm³/mol. The van der Waals surface area contributed by atoms with Gasteiger partial charge in [0.25, 0.3) is 0 Å². The SMILES string of the molecule is O=C1CC[C@@]2(O)[C@H]3Cc4ccc(OC(=S)Oc5c(F)c(F)c(F)c(F)c5F)c5c4[C@@]2(CCN3CC2CC2)[C@H]1O5. The van der Waals surface area contributed by atoms with E-state index in [1.165, 1.54) is 18.9 Å². The van der Waals surface area contributed by atoms with Gasteiger partial charge in [-0.2, -0.15) is 8.78 Å². The fourth-order valence-electron chi connectivity index (χ4n) is 7.20. The number of halogens is 5. The predicted octanol–water partition coefficient (Wildman–Crippen LogP) is 4.26. The van der Waals surface area contributed by atoms with Crippen LogP contribution in [0.15, 0.2) is 12.1 Å². The normalized spacial score (nSPS) is 30.6. The highest BCUT2D eigenvalue weighted by Gasteiger charge is 2.73. The summed E-state index contributed by atoms with van der Waals surface area (Å²) >= 11 is 4.92. The first-order valence-electron chi connectivity index (χ1n) is 12.8. The maximum absolute atomic E-state index is 14.1. The Hall–Kier alpha value is -2.83. The summed E-state index contributed by atoms with van der Waals surface area (Å²) in [5.41, 5.74) is -0.695. The van der Waals surface area contributed by atoms with Crippen LogP contribution in [0.4, 0.5) is 22.0 Å². The second kappa shape index (κ2) is 8.34. The van der Waals surface area contributed by atoms with E-state index in [1.807, 2.05) is 0 Å². The zero-order valence-electron chi connectivity index (χ0n) is 20.4. The van der Waals surface area contributed by atoms with Crippen molar-refractivity contribution in [1.29, 1.82) is 0 Å². The van der Waals surface area contributed by atoms with E-state index in [1.54, 1.807) is 6.07 Å². The van der Waals surface area contributed by atoms with E-state index < -0.39 is 57.2 Å². The molecule has 2 bridgehead atoms. The van der Waals surface area contributed by atoms with E-state index in [-0.39, 0.29) is 29.7 Å². The van der Waals surface area contributed by atoms with Gasteiger partial charge in [0.2, 0.25) is 34.8 Å². The molecule has 206 valence electrons. The minimum absolute atomic E-state index is 0.0552. The van der Waals surface area contributed by atoms with Crippen LogP contribution >= 0.6 is 12.2 Å². The molecule has 4 atom stereocenters. The number of aliphatic hydroxyl groups is 1. The molecule has 39 heavy (non-hydrogen) atoms. The number of likely N-dealkylation sites (tertiary alicyclic amines) is 1. The van der Waals surface area contributed by atoms with Crippen LogP contribution in [0.1, 0.15) is 43.2 Å². The Morgan fingerprint density at radius 2 is 1.74 bits per heavy atom. The number of Topliss-reactive ketones (excluding diaryl/α,β-unsaturated/α-hetero) is 1. The molecule has 7 rings (SSSR count). The fourth-order valence-corrected chi connectivity index (χ4v) is 7.37. The van der Waals surface area contributed by atoms with E-state index in [9.17, 15) is 31.9 Å². The van der Waals surface area contributed by atoms with Gasteiger partial charge in [0.05, 0.1) is 11.0 Å². The summed E-state index contributed by atoms with van der Waals surface area (Å²) in [6.45, 7) is 1.58. The number of hydrogen-bond acceptors (Lipinski definition) is 7. The number of hydrogen-bond donors (Lipinski definition) is 1. The van der Waals surface area contributed by atoms with E-state index in [0.717, 1.165) is 12.1 Å². The zero-order valence-corrected chi connectivity index (χ0v) is 21.2. The lowest BCUT2D eigenvalue weighted by Crippen LogP contribution is -2.76. The van der Waals surface area contributed by atoms with Crippen LogP contribution in [-0.2, 0) is 16.6 Å². The number of thiocarbonyl (C=S) groups is 1. The van der Waals surface area contributed by atoms with Gasteiger partial charge in [-0.1, -0.05) is 6.07 Å². The summed E-state index contributed by atoms with van der Waals surface area (Å²) in [6.07, 6.45) is 2.85. The van der Waals surface area contributed by atoms with E-state index in [0.29, 0.717) is 37.3 Å². The number of rotatable bonds is 4. The first-order valence-corrected chi connectivity index (χ1v) is 13.2. The van der Waals surface area contributed by atoms with Gasteiger partial charge >= 0.3 is 5.24 Å². The summed E-state index contributed by atoms with van der Waals surface area (Å²) < 4.78 is 85.3. The lowest BCUT2D eigenvalue weighted by Gasteiger charge is -2.62. The summed E-state index contributed by atoms with van der Waals surface area (Å²) in [4.78, 5) is 15.5. The first kappa shape index (κ1) is 25.2. The average molecular weight is 568 g/mol. The van der Waals surface area contributed by atoms with Crippen LogP contribution in [0.2, 0.25) is 0 Å². The second-order valence-corrected chi connectivity index (χ2v) is 11.4. The third kappa shape index (κ3) is 3.31. The molecule has 3 aliphatic carbocycles. The highest BCUT2D eigenvalue weighted by molar-refractivity contribution is 7.79. The van der Waals surface area contributed by atoms with E-state index >= 15 is 0 Å². The zero-order chi connectivity index (χ0) is 27.4. The van der Waals surface area contributed by atoms with Gasteiger partial charge < -0.3 is 19.3 Å². The molecule has 3 fully saturated rings. The minimum Gasteiger partial charge on any atom is -0.477 e. The van der Waals surface area contributed by atoms with Crippen molar-refractivity contribution < 1.29 is 46.1 Å². The number of carbonyl (C=O) groups excluding carboxylic acids is 1. The second-order valence-electron chi connectivity index (χ2n) is 11.0. The molecule has 2 aromatic rings. The highest BCUT2D eigenvalue weighted by Crippen LogP contribution is 2.65. The molecule has 0 radical (unpaired) electrons. The molecule has 2 aromatic carbocycles. The van der Waals surface area contributed by atoms with Gasteiger partial charge in [0.15, 0.2) is 23.4 Å². The number of carbonyl (C=O) groups is 1. The lowest BCUT2D eigenvalue weighted by molar-refractivity contribution is -0.188. The molecular weight excluding hydrogens is 545 g/mol. The Balaban J connectivity index is 1.26. The Morgan fingerprint density at radius 3 is 2.44 bits per heavy atom. The van der Waals surface area contributed by atoms with Crippen LogP contribution in [-0.4, -0.2) is 51.9 Å². The van der Waals surface area contributed by atoms with Gasteiger partial charge in [-0.25, -0.2) is 13.2 Å². The van der Waals surface area contributed by atoms with Crippen LogP contribution < -0.4 is 14.2 Å². The van der Waals surface area contributed by atoms with Crippen molar-refractivity contribution in [3.05, 3.63) is 52.3 Å². The molecule has 1 spiro atoms. The van der Waals surface area contributed by atoms with E-state index in [4.69, 9.17) is 26.4 Å². The Labute approximate surface area is 224 Å². The van der Waals surface area contributed by atoms with Gasteiger partial charge in [-0.3, -0.25) is 9.69 Å². The van der Waals surface area contributed by atoms with Crippen molar-refractivity contribution in [1.82, 2.24) is 4.90 Å². The maximum Gasteiger partial charge on any atom is 0.363 e. The van der Waals surface area contributed by atoms with Crippen molar-refractivity contribution in [2.75, 3.05) is 13.1 Å². The summed E-state index contributed by atoms with van der Waals surface area (Å²) in [7, 11) is 0. The van der Waals surface area contributed by atoms with Crippen molar-refractivity contribution in [3.63, 3.8) is 0 Å². The van der Waals surface area contributed by atoms with E-state index in [2.05, 4.69) is 4.90 Å². The smallest absolute Gasteiger partial charge is 0.363 e. The topological polar surface area (TPSA) is 68.2 Å². The maximum atomic E-state index is 14.1. The van der Waals surface area contributed by atoms with Gasteiger partial charge in [0.1, 0.15) is 0 Å². The summed E-state index contributed by atoms with van der Waals surface area (Å²) in [5, 5.41) is 11.3. The van der Waals surface area contributed by atoms with Crippen LogP contribution in [0.25, 0.3) is 0 Å². The molecule has 2 aliphatic heterocycles. The first-order chi connectivity index (χ1) is 18.6. The molecule has 0 aromatic heterocycles. The molecule has 0 unspecified atom stereocenters. The lowest BCUT2D eigenvalue weighted by atomic mass is 9.49. The molecule has 5 aliphatic rings. The fraction of sp³-hybridized carbons (Fsp3) is 0.481. The number of ketones is 1. The van der Waals surface area contributed by atoms with Crippen molar-refractivity contribution in [3.8, 4) is 17.2 Å². The van der Waals surface area contributed by atoms with Crippen molar-refractivity contribution >= 4 is 23.2 Å². The van der Waals surface area contributed by atoms with Crippen molar-refractivity contribution in [2.24, 2.45) is 5.92 Å². The third-order valence-electron chi connectivity index (χ3n) is 9.09. The summed E-state index contributed by atoms with van der Waals surface area (Å²) in [5.74, 6) is -12.1. The standard InChI is InChI=1S/C27H22F5NO5S/c28-17-18(29)20(31)23(21(32)19(17)30)38-25(39)36-14-4-3-12-9-15-27(35)6-5-13(34)24-26(27,16(12)22(14)37-24)7-8-33(15)10-11-1-2-11/h3-4,11,15,24,35H,1-2,5-10H2/t15-,24+,26+,27-/m1/s1. The largest absolute Gasteiger partial charge is 0.477 e. The number of ether oxygens (including phenoxy) is 3. The molecule has 12 heteroatoms. The molecule has 1 N–H and O–H groups in total. The number of nitrogens with zero attached hydrogens (tertiary/aromatic N) is 1. The molecule has 2 heterocycles. The van der Waals surface area contributed by atoms with Crippen LogP contribution in [0, 0.1) is 35.0 Å². The highest BCUT2D eigenvalue weighted by atomic mass is 32.1. The Morgan fingerprint density at radius 1 is 1.05 bits per heavy atom. The van der Waals surface area contributed by atoms with Crippen LogP contribution in [0.3, 0.4) is 0 Å². The molecule has 0 amide bonds. The minimum atomic E-state index is -2.33. The molecular formula is C27H22F5NO5S. The number of benzene rings is 2. The quantitative estimate of drug-likeness (QED) is 0.256. The van der Waals surface area contributed by atoms with Gasteiger partial charge in [-0.15, -0.1) is 0 Å². The average Bonchev–Trinajstić information content (AvgIpc) is 3.65. The summed E-state index contributed by atoms with van der Waals surface area (Å²) in [6, 6.07) is 3.07. The van der Waals surface area contributed by atoms with Crippen LogP contribution in [0.5, 0.6) is 17.2 Å². The number of piperidine rings is 1. The molecule has 6 nitrogen and oxygen atoms in total. The molecule has 1 saturated heterocycles. The van der Waals surface area contributed by atoms with Gasteiger partial charge in [-0.05, 0) is 56.2 Å².